The molecule has 0 amide bonds. The molecule has 0 fully saturated rings. The number of hydrogen-bond acceptors (Lipinski definition) is 9. The summed E-state index contributed by atoms with van der Waals surface area (Å²) in [4.78, 5) is 33.6. The molecule has 2 rings (SSSR count). The molecule has 0 N–H and O–H groups in total. The number of carbonyl (C=O) groups is 2. The van der Waals surface area contributed by atoms with E-state index >= 15 is 0 Å². The summed E-state index contributed by atoms with van der Waals surface area (Å²) in [6, 6.07) is 5.68. The minimum atomic E-state index is -1.11. The lowest BCUT2D eigenvalue weighted by Gasteiger charge is -2.09. The molecule has 24 heavy (non-hydrogen) atoms. The van der Waals surface area contributed by atoms with Gasteiger partial charge in [-0.05, 0) is 31.7 Å². The van der Waals surface area contributed by atoms with Crippen LogP contribution in [0.5, 0.6) is 0 Å². The smallest absolute Gasteiger partial charge is 0.327 e. The van der Waals surface area contributed by atoms with E-state index in [1.54, 1.807) is 13.0 Å². The number of nitrogens with zero attached hydrogens (tertiary/aromatic N) is 3. The lowest BCUT2D eigenvalue weighted by Crippen LogP contribution is -2.27. The highest BCUT2D eigenvalue weighted by Crippen LogP contribution is 2.28. The Labute approximate surface area is 140 Å². The van der Waals surface area contributed by atoms with Crippen LogP contribution in [0.1, 0.15) is 13.8 Å². The Morgan fingerprint density at radius 2 is 2.17 bits per heavy atom. The number of hydrogen-bond donors (Lipinski definition) is 0. The van der Waals surface area contributed by atoms with Crippen molar-refractivity contribution in [3.63, 3.8) is 0 Å². The zero-order valence-corrected chi connectivity index (χ0v) is 13.6. The predicted octanol–water partition coefficient (Wildman–Crippen LogP) is 2.26. The molecule has 1 unspecified atom stereocenters. The number of Topliss-reactive ketones (excluding diaryl/α,β-unsaturated/α-hetero) is 1. The van der Waals surface area contributed by atoms with Crippen LogP contribution in [-0.2, 0) is 14.3 Å². The van der Waals surface area contributed by atoms with Gasteiger partial charge in [-0.2, -0.15) is 0 Å². The highest BCUT2D eigenvalue weighted by molar-refractivity contribution is 8.01. The van der Waals surface area contributed by atoms with Crippen LogP contribution in [0.2, 0.25) is 0 Å². The molecule has 0 spiro atoms. The van der Waals surface area contributed by atoms with Gasteiger partial charge in [0.2, 0.25) is 5.89 Å². The number of non-ortho nitro benzene ring substituents is 1. The first-order valence-corrected chi connectivity index (χ1v) is 7.72. The fraction of sp³-hybridized carbons (Fsp3) is 0.286. The van der Waals surface area contributed by atoms with Crippen molar-refractivity contribution in [3.05, 3.63) is 34.4 Å². The number of benzene rings is 1. The third-order valence-corrected chi connectivity index (χ3v) is 3.93. The first-order chi connectivity index (χ1) is 11.4. The standard InChI is InChI=1S/C14H13N3O6S/c1-3-22-13(19)11(8(2)18)24-14-16-15-12(23-14)9-5-4-6-10(7-9)17(20)21/h4-7,11H,3H2,1-2H3. The molecule has 0 saturated carbocycles. The third-order valence-electron chi connectivity index (χ3n) is 2.80. The van der Waals surface area contributed by atoms with Crippen molar-refractivity contribution in [3.8, 4) is 11.5 Å². The monoisotopic (exact) mass is 351 g/mol. The van der Waals surface area contributed by atoms with Gasteiger partial charge in [0.05, 0.1) is 11.5 Å². The van der Waals surface area contributed by atoms with E-state index < -0.39 is 21.9 Å². The summed E-state index contributed by atoms with van der Waals surface area (Å²) >= 11 is 0.773. The van der Waals surface area contributed by atoms with Gasteiger partial charge < -0.3 is 9.15 Å². The van der Waals surface area contributed by atoms with Gasteiger partial charge in [-0.15, -0.1) is 10.2 Å². The van der Waals surface area contributed by atoms with Crippen molar-refractivity contribution in [2.45, 2.75) is 24.3 Å². The van der Waals surface area contributed by atoms with Crippen LogP contribution >= 0.6 is 11.8 Å². The summed E-state index contributed by atoms with van der Waals surface area (Å²) in [5, 5.41) is 17.2. The molecule has 0 bridgehead atoms. The van der Waals surface area contributed by atoms with E-state index in [1.807, 2.05) is 0 Å². The van der Waals surface area contributed by atoms with Gasteiger partial charge in [-0.25, -0.2) is 0 Å². The van der Waals surface area contributed by atoms with Gasteiger partial charge in [-0.3, -0.25) is 19.7 Å². The molecule has 1 atom stereocenters. The average molecular weight is 351 g/mol. The summed E-state index contributed by atoms with van der Waals surface area (Å²) in [6.45, 7) is 3.03. The van der Waals surface area contributed by atoms with Gasteiger partial charge in [-0.1, -0.05) is 6.07 Å². The predicted molar refractivity (Wildman–Crippen MR) is 83.3 cm³/mol. The van der Waals surface area contributed by atoms with Gasteiger partial charge in [0.15, 0.2) is 11.0 Å². The molecule has 0 aliphatic heterocycles. The summed E-state index contributed by atoms with van der Waals surface area (Å²) in [5.74, 6) is -1.05. The fourth-order valence-electron chi connectivity index (χ4n) is 1.74. The second kappa shape index (κ2) is 7.68. The number of nitro groups is 1. The molecule has 0 aliphatic rings. The molecular formula is C14H13N3O6S. The van der Waals surface area contributed by atoms with Crippen LogP contribution in [0.4, 0.5) is 5.69 Å². The Hall–Kier alpha value is -2.75. The molecule has 1 heterocycles. The molecular weight excluding hydrogens is 338 g/mol. The summed E-state index contributed by atoms with van der Waals surface area (Å²) in [6.07, 6.45) is 0. The van der Waals surface area contributed by atoms with Crippen molar-refractivity contribution in [1.82, 2.24) is 10.2 Å². The van der Waals surface area contributed by atoms with E-state index in [0.29, 0.717) is 5.56 Å². The largest absolute Gasteiger partial charge is 0.465 e. The quantitative estimate of drug-likeness (QED) is 0.243. The molecule has 2 aromatic rings. The minimum Gasteiger partial charge on any atom is -0.465 e. The van der Waals surface area contributed by atoms with Gasteiger partial charge in [0.25, 0.3) is 10.9 Å². The Bertz CT molecular complexity index is 775. The lowest BCUT2D eigenvalue weighted by atomic mass is 10.2. The normalized spacial score (nSPS) is 11.8. The zero-order valence-electron chi connectivity index (χ0n) is 12.8. The van der Waals surface area contributed by atoms with Crippen LogP contribution in [-0.4, -0.2) is 38.7 Å². The first kappa shape index (κ1) is 17.6. The van der Waals surface area contributed by atoms with Crippen LogP contribution in [0, 0.1) is 10.1 Å². The Morgan fingerprint density at radius 1 is 1.42 bits per heavy atom. The van der Waals surface area contributed by atoms with Crippen molar-refractivity contribution >= 4 is 29.2 Å². The number of thioether (sulfide) groups is 1. The van der Waals surface area contributed by atoms with E-state index in [4.69, 9.17) is 9.15 Å². The van der Waals surface area contributed by atoms with Crippen LogP contribution in [0.15, 0.2) is 33.9 Å². The molecule has 9 nitrogen and oxygen atoms in total. The molecule has 0 saturated heterocycles. The van der Waals surface area contributed by atoms with Crippen molar-refractivity contribution < 1.29 is 23.7 Å². The molecule has 0 radical (unpaired) electrons. The summed E-state index contributed by atoms with van der Waals surface area (Å²) in [5.41, 5.74) is 0.243. The molecule has 10 heteroatoms. The number of esters is 1. The highest BCUT2D eigenvalue weighted by atomic mass is 32.2. The summed E-state index contributed by atoms with van der Waals surface area (Å²) in [7, 11) is 0. The van der Waals surface area contributed by atoms with E-state index in [1.165, 1.54) is 25.1 Å². The average Bonchev–Trinajstić information content (AvgIpc) is 3.01. The highest BCUT2D eigenvalue weighted by Gasteiger charge is 2.28. The number of aromatic nitrogens is 2. The van der Waals surface area contributed by atoms with E-state index in [2.05, 4.69) is 10.2 Å². The molecule has 126 valence electrons. The van der Waals surface area contributed by atoms with Gasteiger partial charge >= 0.3 is 5.97 Å². The van der Waals surface area contributed by atoms with Gasteiger partial charge in [0.1, 0.15) is 0 Å². The third kappa shape index (κ3) is 4.16. The van der Waals surface area contributed by atoms with E-state index in [0.717, 1.165) is 11.8 Å². The second-order valence-electron chi connectivity index (χ2n) is 4.54. The Kier molecular flexibility index (Phi) is 5.64. The second-order valence-corrected chi connectivity index (χ2v) is 5.60. The van der Waals surface area contributed by atoms with Crippen molar-refractivity contribution in [1.29, 1.82) is 0 Å². The SMILES string of the molecule is CCOC(=O)C(Sc1nnc(-c2cccc([N+](=O)[O-])c2)o1)C(C)=O. The lowest BCUT2D eigenvalue weighted by molar-refractivity contribution is -0.384. The minimum absolute atomic E-state index is 0.00948. The number of ether oxygens (including phenoxy) is 1. The number of carbonyl (C=O) groups excluding carboxylic acids is 2. The molecule has 1 aromatic heterocycles. The summed E-state index contributed by atoms with van der Waals surface area (Å²) < 4.78 is 10.2. The van der Waals surface area contributed by atoms with E-state index in [-0.39, 0.29) is 23.4 Å². The number of ketones is 1. The first-order valence-electron chi connectivity index (χ1n) is 6.84. The van der Waals surface area contributed by atoms with Crippen molar-refractivity contribution in [2.24, 2.45) is 0 Å². The Balaban J connectivity index is 2.21. The van der Waals surface area contributed by atoms with Crippen LogP contribution in [0.25, 0.3) is 11.5 Å². The molecule has 0 aliphatic carbocycles. The van der Waals surface area contributed by atoms with Crippen molar-refractivity contribution in [2.75, 3.05) is 6.61 Å². The van der Waals surface area contributed by atoms with Crippen LogP contribution < -0.4 is 0 Å². The maximum Gasteiger partial charge on any atom is 0.327 e. The maximum atomic E-state index is 11.8. The fourth-order valence-corrected chi connectivity index (χ4v) is 2.49. The zero-order chi connectivity index (χ0) is 17.7. The molecule has 1 aromatic carbocycles. The Morgan fingerprint density at radius 3 is 2.79 bits per heavy atom. The van der Waals surface area contributed by atoms with Crippen LogP contribution in [0.3, 0.4) is 0 Å². The number of nitro benzene ring substituents is 1. The topological polar surface area (TPSA) is 125 Å². The maximum absolute atomic E-state index is 11.8. The van der Waals surface area contributed by atoms with E-state index in [9.17, 15) is 19.7 Å². The van der Waals surface area contributed by atoms with Gasteiger partial charge in [0, 0.05) is 17.7 Å². The number of rotatable bonds is 7.